The Bertz CT molecular complexity index is 860. The molecule has 1 fully saturated rings. The van der Waals surface area contributed by atoms with Gasteiger partial charge in [-0.1, -0.05) is 18.2 Å². The maximum Gasteiger partial charge on any atom is 0.264 e. The van der Waals surface area contributed by atoms with Crippen molar-refractivity contribution in [3.05, 3.63) is 46.7 Å². The number of rotatable bonds is 3. The van der Waals surface area contributed by atoms with E-state index in [0.29, 0.717) is 31.9 Å². The highest BCUT2D eigenvalue weighted by Gasteiger charge is 2.29. The third kappa shape index (κ3) is 3.72. The van der Waals surface area contributed by atoms with Gasteiger partial charge in [0, 0.05) is 26.2 Å². The standard InChI is InChI=1S/C19H20N4O3S/c24-17-12-23(15-5-2-1-4-14(15)20-17)18(25)13-21-7-9-22(10-8-21)19(26)16-6-3-11-27-16/h1-6,11H,7-10,12-13H2,(H,20,24). The summed E-state index contributed by atoms with van der Waals surface area (Å²) >= 11 is 1.45. The van der Waals surface area contributed by atoms with Crippen LogP contribution in [-0.2, 0) is 9.59 Å². The van der Waals surface area contributed by atoms with Gasteiger partial charge in [0.25, 0.3) is 5.91 Å². The highest BCUT2D eigenvalue weighted by atomic mass is 32.1. The van der Waals surface area contributed by atoms with Gasteiger partial charge in [-0.2, -0.15) is 0 Å². The van der Waals surface area contributed by atoms with Gasteiger partial charge in [0.15, 0.2) is 0 Å². The summed E-state index contributed by atoms with van der Waals surface area (Å²) in [5.74, 6) is -0.235. The fourth-order valence-corrected chi connectivity index (χ4v) is 4.09. The summed E-state index contributed by atoms with van der Waals surface area (Å²) in [5, 5.41) is 4.69. The number of hydrogen-bond acceptors (Lipinski definition) is 5. The van der Waals surface area contributed by atoms with E-state index in [-0.39, 0.29) is 30.8 Å². The monoisotopic (exact) mass is 384 g/mol. The first kappa shape index (κ1) is 17.7. The Morgan fingerprint density at radius 2 is 1.81 bits per heavy atom. The van der Waals surface area contributed by atoms with Gasteiger partial charge in [0.1, 0.15) is 6.54 Å². The first-order valence-electron chi connectivity index (χ1n) is 8.86. The molecule has 1 aromatic carbocycles. The summed E-state index contributed by atoms with van der Waals surface area (Å²) in [7, 11) is 0. The molecule has 3 amide bonds. The molecule has 140 valence electrons. The highest BCUT2D eigenvalue weighted by molar-refractivity contribution is 7.12. The Morgan fingerprint density at radius 1 is 1.04 bits per heavy atom. The molecule has 3 heterocycles. The number of hydrogen-bond donors (Lipinski definition) is 1. The van der Waals surface area contributed by atoms with Gasteiger partial charge >= 0.3 is 0 Å². The molecule has 2 aromatic rings. The third-order valence-corrected chi connectivity index (χ3v) is 5.68. The first-order valence-corrected chi connectivity index (χ1v) is 9.74. The van der Waals surface area contributed by atoms with Crippen molar-refractivity contribution in [1.29, 1.82) is 0 Å². The van der Waals surface area contributed by atoms with E-state index >= 15 is 0 Å². The van der Waals surface area contributed by atoms with Crippen molar-refractivity contribution in [2.24, 2.45) is 0 Å². The van der Waals surface area contributed by atoms with Crippen LogP contribution in [0.25, 0.3) is 0 Å². The summed E-state index contributed by atoms with van der Waals surface area (Å²) in [5.41, 5.74) is 1.39. The zero-order valence-electron chi connectivity index (χ0n) is 14.8. The fraction of sp³-hybridized carbons (Fsp3) is 0.316. The van der Waals surface area contributed by atoms with E-state index in [2.05, 4.69) is 5.32 Å². The topological polar surface area (TPSA) is 73.0 Å². The molecule has 1 aromatic heterocycles. The molecular formula is C19H20N4O3S. The van der Waals surface area contributed by atoms with Gasteiger partial charge in [-0.3, -0.25) is 24.2 Å². The number of carbonyl (C=O) groups excluding carboxylic acids is 3. The predicted molar refractivity (Wildman–Crippen MR) is 104 cm³/mol. The van der Waals surface area contributed by atoms with E-state index in [9.17, 15) is 14.4 Å². The molecule has 0 saturated carbocycles. The Labute approximate surface area is 161 Å². The number of piperazine rings is 1. The second-order valence-corrected chi connectivity index (χ2v) is 7.54. The molecule has 0 bridgehead atoms. The van der Waals surface area contributed by atoms with Crippen LogP contribution < -0.4 is 10.2 Å². The average molecular weight is 384 g/mol. The van der Waals surface area contributed by atoms with Gasteiger partial charge in [-0.25, -0.2) is 0 Å². The molecule has 7 nitrogen and oxygen atoms in total. The Hall–Kier alpha value is -2.71. The van der Waals surface area contributed by atoms with Crippen LogP contribution in [0, 0.1) is 0 Å². The minimum atomic E-state index is -0.187. The number of carbonyl (C=O) groups is 3. The van der Waals surface area contributed by atoms with Crippen LogP contribution in [0.2, 0.25) is 0 Å². The molecule has 1 saturated heterocycles. The lowest BCUT2D eigenvalue weighted by atomic mass is 10.2. The van der Waals surface area contributed by atoms with Crippen molar-refractivity contribution in [2.45, 2.75) is 0 Å². The number of nitrogens with one attached hydrogen (secondary N) is 1. The van der Waals surface area contributed by atoms with Crippen LogP contribution in [-0.4, -0.2) is 66.8 Å². The van der Waals surface area contributed by atoms with Crippen LogP contribution in [0.15, 0.2) is 41.8 Å². The van der Waals surface area contributed by atoms with E-state index in [1.807, 2.05) is 45.5 Å². The van der Waals surface area contributed by atoms with Crippen molar-refractivity contribution >= 4 is 40.4 Å². The van der Waals surface area contributed by atoms with Gasteiger partial charge in [0.2, 0.25) is 11.8 Å². The number of amides is 3. The normalized spacial score (nSPS) is 17.4. The molecular weight excluding hydrogens is 364 g/mol. The Kier molecular flexibility index (Phi) is 4.91. The maximum atomic E-state index is 12.8. The predicted octanol–water partition coefficient (Wildman–Crippen LogP) is 1.49. The lowest BCUT2D eigenvalue weighted by molar-refractivity contribution is -0.122. The summed E-state index contributed by atoms with van der Waals surface area (Å²) in [6.07, 6.45) is 0. The van der Waals surface area contributed by atoms with E-state index in [4.69, 9.17) is 0 Å². The molecule has 2 aliphatic rings. The molecule has 0 radical (unpaired) electrons. The van der Waals surface area contributed by atoms with Crippen molar-refractivity contribution in [3.63, 3.8) is 0 Å². The van der Waals surface area contributed by atoms with Crippen LogP contribution >= 0.6 is 11.3 Å². The maximum absolute atomic E-state index is 12.8. The van der Waals surface area contributed by atoms with Crippen LogP contribution in [0.4, 0.5) is 11.4 Å². The number of anilines is 2. The fourth-order valence-electron chi connectivity index (χ4n) is 3.40. The van der Waals surface area contributed by atoms with Gasteiger partial charge < -0.3 is 10.2 Å². The largest absolute Gasteiger partial charge is 0.335 e. The Morgan fingerprint density at radius 3 is 2.56 bits per heavy atom. The average Bonchev–Trinajstić information content (AvgIpc) is 3.22. The smallest absolute Gasteiger partial charge is 0.264 e. The number of fused-ring (bicyclic) bond motifs is 1. The summed E-state index contributed by atoms with van der Waals surface area (Å²) in [4.78, 5) is 43.3. The molecule has 0 spiro atoms. The molecule has 0 unspecified atom stereocenters. The number of nitrogens with zero attached hydrogens (tertiary/aromatic N) is 3. The molecule has 8 heteroatoms. The Balaban J connectivity index is 1.36. The molecule has 2 aliphatic heterocycles. The van der Waals surface area contributed by atoms with E-state index in [1.54, 1.807) is 6.07 Å². The molecule has 1 N–H and O–H groups in total. The molecule has 0 atom stereocenters. The van der Waals surface area contributed by atoms with Crippen LogP contribution in [0.5, 0.6) is 0 Å². The highest BCUT2D eigenvalue weighted by Crippen LogP contribution is 2.29. The minimum Gasteiger partial charge on any atom is -0.335 e. The number of thiophene rings is 1. The second-order valence-electron chi connectivity index (χ2n) is 6.59. The van der Waals surface area contributed by atoms with Gasteiger partial charge in [-0.15, -0.1) is 11.3 Å². The summed E-state index contributed by atoms with van der Waals surface area (Å²) < 4.78 is 0. The zero-order chi connectivity index (χ0) is 18.8. The van der Waals surface area contributed by atoms with Crippen LogP contribution in [0.1, 0.15) is 9.67 Å². The number of benzene rings is 1. The third-order valence-electron chi connectivity index (χ3n) is 4.82. The van der Waals surface area contributed by atoms with Gasteiger partial charge in [-0.05, 0) is 23.6 Å². The lowest BCUT2D eigenvalue weighted by Gasteiger charge is -2.36. The van der Waals surface area contributed by atoms with Crippen molar-refractivity contribution in [3.8, 4) is 0 Å². The molecule has 0 aliphatic carbocycles. The van der Waals surface area contributed by atoms with Crippen molar-refractivity contribution < 1.29 is 14.4 Å². The lowest BCUT2D eigenvalue weighted by Crippen LogP contribution is -2.52. The van der Waals surface area contributed by atoms with Crippen LogP contribution in [0.3, 0.4) is 0 Å². The van der Waals surface area contributed by atoms with Gasteiger partial charge in [0.05, 0.1) is 22.8 Å². The molecule has 4 rings (SSSR count). The van der Waals surface area contributed by atoms with E-state index in [0.717, 1.165) is 10.6 Å². The second kappa shape index (κ2) is 7.50. The van der Waals surface area contributed by atoms with E-state index in [1.165, 1.54) is 16.2 Å². The SMILES string of the molecule is O=C1CN(C(=O)CN2CCN(C(=O)c3cccs3)CC2)c2ccccc2N1. The first-order chi connectivity index (χ1) is 13.1. The molecule has 27 heavy (non-hydrogen) atoms. The number of para-hydroxylation sites is 2. The minimum absolute atomic E-state index is 0.0344. The van der Waals surface area contributed by atoms with Crippen molar-refractivity contribution in [1.82, 2.24) is 9.80 Å². The van der Waals surface area contributed by atoms with E-state index < -0.39 is 0 Å². The zero-order valence-corrected chi connectivity index (χ0v) is 15.6. The quantitative estimate of drug-likeness (QED) is 0.870. The summed E-state index contributed by atoms with van der Waals surface area (Å²) in [6.45, 7) is 2.76. The van der Waals surface area contributed by atoms with Crippen molar-refractivity contribution in [2.75, 3.05) is 49.5 Å². The summed E-state index contributed by atoms with van der Waals surface area (Å²) in [6, 6.07) is 11.0.